The SMILES string of the molecule is Cc1ccc(C(C)NC(=O)c2cc(Br)ccc2Cl)o1. The standard InChI is InChI=1S/C14H13BrClNO2/c1-8-3-6-13(19-8)9(2)17-14(18)11-7-10(15)4-5-12(11)16/h3-7,9H,1-2H3,(H,17,18). The molecular formula is C14H13BrClNO2. The number of furan rings is 1. The van der Waals surface area contributed by atoms with Gasteiger partial charge in [-0.3, -0.25) is 4.79 Å². The molecule has 0 saturated heterocycles. The van der Waals surface area contributed by atoms with Crippen molar-refractivity contribution in [3.05, 3.63) is 56.9 Å². The van der Waals surface area contributed by atoms with Crippen LogP contribution >= 0.6 is 27.5 Å². The van der Waals surface area contributed by atoms with E-state index in [4.69, 9.17) is 16.0 Å². The van der Waals surface area contributed by atoms with Crippen molar-refractivity contribution in [2.24, 2.45) is 0 Å². The van der Waals surface area contributed by atoms with Crippen molar-refractivity contribution in [1.29, 1.82) is 0 Å². The number of hydrogen-bond acceptors (Lipinski definition) is 2. The maximum atomic E-state index is 12.2. The van der Waals surface area contributed by atoms with Crippen molar-refractivity contribution < 1.29 is 9.21 Å². The quantitative estimate of drug-likeness (QED) is 0.892. The van der Waals surface area contributed by atoms with E-state index in [-0.39, 0.29) is 11.9 Å². The van der Waals surface area contributed by atoms with Crippen LogP contribution in [0, 0.1) is 6.92 Å². The van der Waals surface area contributed by atoms with Gasteiger partial charge in [-0.05, 0) is 44.2 Å². The molecule has 2 aromatic rings. The average Bonchev–Trinajstić information content (AvgIpc) is 2.79. The van der Waals surface area contributed by atoms with Crippen LogP contribution in [0.1, 0.15) is 34.8 Å². The third kappa shape index (κ3) is 3.39. The molecule has 0 bridgehead atoms. The molecule has 0 fully saturated rings. The Morgan fingerprint density at radius 3 is 2.74 bits per heavy atom. The maximum Gasteiger partial charge on any atom is 0.253 e. The van der Waals surface area contributed by atoms with Crippen LogP contribution in [0.4, 0.5) is 0 Å². The second-order valence-corrected chi connectivity index (χ2v) is 5.59. The maximum absolute atomic E-state index is 12.2. The van der Waals surface area contributed by atoms with E-state index in [1.165, 1.54) is 0 Å². The monoisotopic (exact) mass is 341 g/mol. The van der Waals surface area contributed by atoms with E-state index in [0.717, 1.165) is 16.0 Å². The third-order valence-electron chi connectivity index (χ3n) is 2.71. The lowest BCUT2D eigenvalue weighted by Gasteiger charge is -2.12. The fourth-order valence-electron chi connectivity index (χ4n) is 1.70. The van der Waals surface area contributed by atoms with E-state index in [9.17, 15) is 4.79 Å². The smallest absolute Gasteiger partial charge is 0.253 e. The van der Waals surface area contributed by atoms with E-state index in [0.29, 0.717) is 10.6 Å². The van der Waals surface area contributed by atoms with Crippen LogP contribution in [-0.4, -0.2) is 5.91 Å². The van der Waals surface area contributed by atoms with Gasteiger partial charge >= 0.3 is 0 Å². The van der Waals surface area contributed by atoms with Crippen molar-refractivity contribution in [2.45, 2.75) is 19.9 Å². The predicted octanol–water partition coefficient (Wildman–Crippen LogP) is 4.49. The second-order valence-electron chi connectivity index (χ2n) is 4.27. The molecule has 0 aliphatic heterocycles. The van der Waals surface area contributed by atoms with E-state index in [1.807, 2.05) is 26.0 Å². The fraction of sp³-hybridized carbons (Fsp3) is 0.214. The van der Waals surface area contributed by atoms with Gasteiger partial charge in [0.15, 0.2) is 0 Å². The Morgan fingerprint density at radius 2 is 2.11 bits per heavy atom. The Balaban J connectivity index is 2.15. The number of aryl methyl sites for hydroxylation is 1. The zero-order valence-electron chi connectivity index (χ0n) is 10.5. The molecule has 1 aromatic heterocycles. The minimum Gasteiger partial charge on any atom is -0.464 e. The van der Waals surface area contributed by atoms with Gasteiger partial charge in [-0.1, -0.05) is 27.5 Å². The van der Waals surface area contributed by atoms with Crippen LogP contribution in [0.25, 0.3) is 0 Å². The molecule has 0 saturated carbocycles. The van der Waals surface area contributed by atoms with Gasteiger partial charge in [0.1, 0.15) is 11.5 Å². The third-order valence-corrected chi connectivity index (χ3v) is 3.53. The van der Waals surface area contributed by atoms with Crippen molar-refractivity contribution in [3.8, 4) is 0 Å². The summed E-state index contributed by atoms with van der Waals surface area (Å²) in [6.45, 7) is 3.73. The number of benzene rings is 1. The molecule has 5 heteroatoms. The molecule has 1 unspecified atom stereocenters. The highest BCUT2D eigenvalue weighted by atomic mass is 79.9. The van der Waals surface area contributed by atoms with E-state index >= 15 is 0 Å². The first-order valence-corrected chi connectivity index (χ1v) is 6.96. The van der Waals surface area contributed by atoms with Gasteiger partial charge in [-0.2, -0.15) is 0 Å². The molecule has 0 aliphatic carbocycles. The Morgan fingerprint density at radius 1 is 1.37 bits per heavy atom. The van der Waals surface area contributed by atoms with Crippen LogP contribution in [-0.2, 0) is 0 Å². The molecule has 2 rings (SSSR count). The van der Waals surface area contributed by atoms with Gasteiger partial charge in [0, 0.05) is 4.47 Å². The lowest BCUT2D eigenvalue weighted by atomic mass is 10.2. The summed E-state index contributed by atoms with van der Waals surface area (Å²) in [7, 11) is 0. The van der Waals surface area contributed by atoms with Gasteiger partial charge in [-0.25, -0.2) is 0 Å². The van der Waals surface area contributed by atoms with Crippen molar-refractivity contribution >= 4 is 33.4 Å². The zero-order chi connectivity index (χ0) is 14.0. The first-order valence-electron chi connectivity index (χ1n) is 5.79. The van der Waals surface area contributed by atoms with Crippen LogP contribution in [0.15, 0.2) is 39.2 Å². The number of carbonyl (C=O) groups excluding carboxylic acids is 1. The molecule has 1 N–H and O–H groups in total. The summed E-state index contributed by atoms with van der Waals surface area (Å²) in [6, 6.07) is 8.67. The van der Waals surface area contributed by atoms with Gasteiger partial charge in [-0.15, -0.1) is 0 Å². The summed E-state index contributed by atoms with van der Waals surface area (Å²) in [5.41, 5.74) is 0.436. The summed E-state index contributed by atoms with van der Waals surface area (Å²) in [5.74, 6) is 1.31. The Hall–Kier alpha value is -1.26. The second kappa shape index (κ2) is 5.80. The minimum absolute atomic E-state index is 0.212. The van der Waals surface area contributed by atoms with Crippen molar-refractivity contribution in [3.63, 3.8) is 0 Å². The first kappa shape index (κ1) is 14.2. The summed E-state index contributed by atoms with van der Waals surface area (Å²) in [5, 5.41) is 3.28. The molecule has 0 radical (unpaired) electrons. The lowest BCUT2D eigenvalue weighted by molar-refractivity contribution is 0.0935. The molecule has 100 valence electrons. The average molecular weight is 343 g/mol. The Kier molecular flexibility index (Phi) is 4.32. The summed E-state index contributed by atoms with van der Waals surface area (Å²) in [6.07, 6.45) is 0. The number of hydrogen-bond donors (Lipinski definition) is 1. The Labute approximate surface area is 125 Å². The van der Waals surface area contributed by atoms with Crippen LogP contribution in [0.2, 0.25) is 5.02 Å². The molecule has 1 amide bonds. The molecular weight excluding hydrogens is 330 g/mol. The van der Waals surface area contributed by atoms with Crippen LogP contribution in [0.5, 0.6) is 0 Å². The zero-order valence-corrected chi connectivity index (χ0v) is 12.9. The number of halogens is 2. The summed E-state index contributed by atoms with van der Waals surface area (Å²) >= 11 is 9.34. The van der Waals surface area contributed by atoms with Crippen LogP contribution < -0.4 is 5.32 Å². The summed E-state index contributed by atoms with van der Waals surface area (Å²) in [4.78, 5) is 12.2. The lowest BCUT2D eigenvalue weighted by Crippen LogP contribution is -2.26. The van der Waals surface area contributed by atoms with Gasteiger partial charge in [0.2, 0.25) is 0 Å². The van der Waals surface area contributed by atoms with E-state index < -0.39 is 0 Å². The highest BCUT2D eigenvalue weighted by Crippen LogP contribution is 2.22. The van der Waals surface area contributed by atoms with Crippen LogP contribution in [0.3, 0.4) is 0 Å². The number of nitrogens with one attached hydrogen (secondary N) is 1. The van der Waals surface area contributed by atoms with Gasteiger partial charge < -0.3 is 9.73 Å². The number of rotatable bonds is 3. The summed E-state index contributed by atoms with van der Waals surface area (Å²) < 4.78 is 6.29. The van der Waals surface area contributed by atoms with E-state index in [2.05, 4.69) is 21.2 Å². The fourth-order valence-corrected chi connectivity index (χ4v) is 2.27. The first-order chi connectivity index (χ1) is 8.97. The number of carbonyl (C=O) groups is 1. The number of amides is 1. The molecule has 0 aliphatic rings. The highest BCUT2D eigenvalue weighted by molar-refractivity contribution is 9.10. The minimum atomic E-state index is -0.229. The topological polar surface area (TPSA) is 42.2 Å². The van der Waals surface area contributed by atoms with Gasteiger partial charge in [0.25, 0.3) is 5.91 Å². The van der Waals surface area contributed by atoms with Gasteiger partial charge in [0.05, 0.1) is 16.6 Å². The largest absolute Gasteiger partial charge is 0.464 e. The molecule has 1 heterocycles. The van der Waals surface area contributed by atoms with Crippen molar-refractivity contribution in [1.82, 2.24) is 5.32 Å². The normalized spacial score (nSPS) is 12.2. The molecule has 1 aromatic carbocycles. The molecule has 0 spiro atoms. The van der Waals surface area contributed by atoms with E-state index in [1.54, 1.807) is 18.2 Å². The Bertz CT molecular complexity index is 609. The molecule has 3 nitrogen and oxygen atoms in total. The van der Waals surface area contributed by atoms with Crippen molar-refractivity contribution in [2.75, 3.05) is 0 Å². The predicted molar refractivity (Wildman–Crippen MR) is 78.5 cm³/mol. The molecule has 1 atom stereocenters. The highest BCUT2D eigenvalue weighted by Gasteiger charge is 2.16. The molecule has 19 heavy (non-hydrogen) atoms.